The second kappa shape index (κ2) is 15.1. The number of hydrogen-bond acceptors (Lipinski definition) is 0. The lowest BCUT2D eigenvalue weighted by molar-refractivity contribution is 0.565. The minimum absolute atomic E-state index is 0.0993. The number of hydrogen-bond donors (Lipinski definition) is 0. The standard InChI is InChI=1S/C9H10F2.3C2H6/c1-3-7-4-8(10)6(2)9(11)5-7;3*1-2/h4-5H,3H2,1-2H3;3*1-2H3. The van der Waals surface area contributed by atoms with Gasteiger partial charge in [-0.15, -0.1) is 0 Å². The van der Waals surface area contributed by atoms with Crippen LogP contribution in [0.3, 0.4) is 0 Å². The Hall–Kier alpha value is -0.920. The van der Waals surface area contributed by atoms with Gasteiger partial charge < -0.3 is 0 Å². The summed E-state index contributed by atoms with van der Waals surface area (Å²) in [4.78, 5) is 0. The Morgan fingerprint density at radius 1 is 0.824 bits per heavy atom. The Morgan fingerprint density at radius 2 is 1.12 bits per heavy atom. The molecule has 0 aliphatic carbocycles. The van der Waals surface area contributed by atoms with Gasteiger partial charge in [0.25, 0.3) is 0 Å². The zero-order valence-corrected chi connectivity index (χ0v) is 12.6. The van der Waals surface area contributed by atoms with Crippen molar-refractivity contribution in [3.63, 3.8) is 0 Å². The van der Waals surface area contributed by atoms with E-state index in [0.717, 1.165) is 0 Å². The second-order valence-corrected chi connectivity index (χ2v) is 2.54. The van der Waals surface area contributed by atoms with Gasteiger partial charge in [0.15, 0.2) is 0 Å². The maximum Gasteiger partial charge on any atom is 0.129 e. The van der Waals surface area contributed by atoms with Crippen LogP contribution in [0.4, 0.5) is 8.78 Å². The second-order valence-electron chi connectivity index (χ2n) is 2.54. The van der Waals surface area contributed by atoms with Gasteiger partial charge in [-0.2, -0.15) is 0 Å². The highest BCUT2D eigenvalue weighted by Crippen LogP contribution is 2.14. The Kier molecular flexibility index (Phi) is 19.0. The van der Waals surface area contributed by atoms with Crippen LogP contribution >= 0.6 is 0 Å². The van der Waals surface area contributed by atoms with Crippen molar-refractivity contribution in [2.75, 3.05) is 0 Å². The Morgan fingerprint density at radius 3 is 1.35 bits per heavy atom. The Labute approximate surface area is 106 Å². The third-order valence-electron chi connectivity index (χ3n) is 1.75. The topological polar surface area (TPSA) is 0 Å². The van der Waals surface area contributed by atoms with Crippen LogP contribution in [0.25, 0.3) is 0 Å². The molecule has 2 heteroatoms. The summed E-state index contributed by atoms with van der Waals surface area (Å²) in [6.45, 7) is 15.3. The summed E-state index contributed by atoms with van der Waals surface area (Å²) in [5.41, 5.74) is 0.799. The first-order chi connectivity index (χ1) is 8.15. The molecule has 0 aliphatic rings. The normalized spacial score (nSPS) is 7.65. The molecule has 0 saturated heterocycles. The third kappa shape index (κ3) is 8.84. The molecule has 17 heavy (non-hydrogen) atoms. The average Bonchev–Trinajstić information content (AvgIpc) is 2.42. The van der Waals surface area contributed by atoms with Crippen molar-refractivity contribution in [3.8, 4) is 0 Å². The Balaban J connectivity index is -0.000000285. The van der Waals surface area contributed by atoms with Crippen LogP contribution in [0.5, 0.6) is 0 Å². The lowest BCUT2D eigenvalue weighted by Gasteiger charge is -2.01. The van der Waals surface area contributed by atoms with Crippen molar-refractivity contribution in [1.29, 1.82) is 0 Å². The first kappa shape index (κ1) is 21.4. The van der Waals surface area contributed by atoms with Crippen molar-refractivity contribution >= 4 is 0 Å². The van der Waals surface area contributed by atoms with Gasteiger partial charge in [0.1, 0.15) is 11.6 Å². The highest BCUT2D eigenvalue weighted by atomic mass is 19.1. The lowest BCUT2D eigenvalue weighted by atomic mass is 10.1. The van der Waals surface area contributed by atoms with Crippen LogP contribution in [-0.4, -0.2) is 0 Å². The van der Waals surface area contributed by atoms with Crippen molar-refractivity contribution in [1.82, 2.24) is 0 Å². The quantitative estimate of drug-likeness (QED) is 0.577. The molecule has 0 heterocycles. The van der Waals surface area contributed by atoms with Crippen molar-refractivity contribution in [2.24, 2.45) is 0 Å². The molecule has 0 aromatic heterocycles. The zero-order valence-electron chi connectivity index (χ0n) is 12.6. The Bertz CT molecular complexity index is 245. The minimum Gasteiger partial charge on any atom is -0.207 e. The molecule has 0 nitrogen and oxygen atoms in total. The summed E-state index contributed by atoms with van der Waals surface area (Å²) >= 11 is 0. The summed E-state index contributed by atoms with van der Waals surface area (Å²) < 4.78 is 25.6. The lowest BCUT2D eigenvalue weighted by Crippen LogP contribution is -1.91. The smallest absolute Gasteiger partial charge is 0.129 e. The highest BCUT2D eigenvalue weighted by molar-refractivity contribution is 5.24. The van der Waals surface area contributed by atoms with Gasteiger partial charge >= 0.3 is 0 Å². The van der Waals surface area contributed by atoms with Gasteiger partial charge in [0.2, 0.25) is 0 Å². The fourth-order valence-electron chi connectivity index (χ4n) is 0.902. The van der Waals surface area contributed by atoms with E-state index in [9.17, 15) is 8.78 Å². The van der Waals surface area contributed by atoms with Gasteiger partial charge in [0, 0.05) is 5.56 Å². The van der Waals surface area contributed by atoms with E-state index in [-0.39, 0.29) is 5.56 Å². The van der Waals surface area contributed by atoms with E-state index < -0.39 is 11.6 Å². The minimum atomic E-state index is -0.457. The molecular weight excluding hydrogens is 218 g/mol. The SMILES string of the molecule is CC.CC.CC.CCc1cc(F)c(C)c(F)c1. The van der Waals surface area contributed by atoms with Gasteiger partial charge in [0.05, 0.1) is 0 Å². The van der Waals surface area contributed by atoms with Gasteiger partial charge in [-0.05, 0) is 31.0 Å². The molecule has 0 saturated carbocycles. The number of halogens is 2. The van der Waals surface area contributed by atoms with Crippen molar-refractivity contribution in [3.05, 3.63) is 34.9 Å². The maximum atomic E-state index is 12.8. The summed E-state index contributed by atoms with van der Waals surface area (Å²) in [7, 11) is 0. The number of rotatable bonds is 1. The first-order valence-electron chi connectivity index (χ1n) is 6.59. The highest BCUT2D eigenvalue weighted by Gasteiger charge is 2.04. The number of benzene rings is 1. The summed E-state index contributed by atoms with van der Waals surface area (Å²) in [5.74, 6) is -0.913. The maximum absolute atomic E-state index is 12.8. The van der Waals surface area contributed by atoms with E-state index in [1.165, 1.54) is 19.1 Å². The summed E-state index contributed by atoms with van der Waals surface area (Å²) in [6, 6.07) is 2.75. The van der Waals surface area contributed by atoms with Crippen molar-refractivity contribution in [2.45, 2.75) is 61.8 Å². The van der Waals surface area contributed by atoms with E-state index >= 15 is 0 Å². The van der Waals surface area contributed by atoms with E-state index in [4.69, 9.17) is 0 Å². The predicted octanol–water partition coefficient (Wildman–Crippen LogP) is 5.91. The van der Waals surface area contributed by atoms with E-state index in [1.807, 2.05) is 48.5 Å². The first-order valence-corrected chi connectivity index (χ1v) is 6.59. The molecule has 102 valence electrons. The monoisotopic (exact) mass is 246 g/mol. The van der Waals surface area contributed by atoms with Crippen LogP contribution in [0, 0.1) is 18.6 Å². The molecule has 0 amide bonds. The van der Waals surface area contributed by atoms with Crippen LogP contribution in [-0.2, 0) is 6.42 Å². The molecule has 0 radical (unpaired) electrons. The molecule has 0 unspecified atom stereocenters. The molecule has 1 aromatic carbocycles. The fraction of sp³-hybridized carbons (Fsp3) is 0.600. The molecule has 1 rings (SSSR count). The van der Waals surface area contributed by atoms with E-state index in [2.05, 4.69) is 0 Å². The van der Waals surface area contributed by atoms with Gasteiger partial charge in [-0.1, -0.05) is 48.5 Å². The third-order valence-corrected chi connectivity index (χ3v) is 1.75. The molecule has 0 spiro atoms. The van der Waals surface area contributed by atoms with Crippen LogP contribution in [0.2, 0.25) is 0 Å². The molecule has 1 aromatic rings. The van der Waals surface area contributed by atoms with Crippen LogP contribution < -0.4 is 0 Å². The van der Waals surface area contributed by atoms with Crippen molar-refractivity contribution < 1.29 is 8.78 Å². The largest absolute Gasteiger partial charge is 0.207 e. The molecule has 0 fully saturated rings. The summed E-state index contributed by atoms with van der Waals surface area (Å²) in [6.07, 6.45) is 0.661. The fourth-order valence-corrected chi connectivity index (χ4v) is 0.902. The van der Waals surface area contributed by atoms with Gasteiger partial charge in [-0.3, -0.25) is 0 Å². The molecule has 0 atom stereocenters. The van der Waals surface area contributed by atoms with Gasteiger partial charge in [-0.25, -0.2) is 8.78 Å². The predicted molar refractivity (Wildman–Crippen MR) is 74.5 cm³/mol. The molecule has 0 N–H and O–H groups in total. The average molecular weight is 246 g/mol. The van der Waals surface area contributed by atoms with E-state index in [0.29, 0.717) is 12.0 Å². The molecule has 0 bridgehead atoms. The number of aryl methyl sites for hydroxylation is 1. The zero-order chi connectivity index (χ0) is 14.4. The van der Waals surface area contributed by atoms with Crippen LogP contribution in [0.1, 0.15) is 59.6 Å². The molecule has 0 aliphatic heterocycles. The summed E-state index contributed by atoms with van der Waals surface area (Å²) in [5, 5.41) is 0. The van der Waals surface area contributed by atoms with E-state index in [1.54, 1.807) is 0 Å². The molecular formula is C15H28F2. The van der Waals surface area contributed by atoms with Crippen LogP contribution in [0.15, 0.2) is 12.1 Å².